The molecular formula is C13H30N4O2S. The van der Waals surface area contributed by atoms with E-state index >= 15 is 0 Å². The van der Waals surface area contributed by atoms with Crippen LogP contribution in [0.3, 0.4) is 0 Å². The molecule has 0 atom stereocenters. The van der Waals surface area contributed by atoms with Gasteiger partial charge in [0, 0.05) is 25.7 Å². The highest BCUT2D eigenvalue weighted by Gasteiger charge is 2.22. The van der Waals surface area contributed by atoms with Crippen molar-refractivity contribution in [3.05, 3.63) is 0 Å². The monoisotopic (exact) mass is 306 g/mol. The van der Waals surface area contributed by atoms with Crippen molar-refractivity contribution in [1.29, 1.82) is 0 Å². The first-order valence-corrected chi connectivity index (χ1v) is 8.96. The molecule has 0 amide bonds. The third kappa shape index (κ3) is 9.14. The summed E-state index contributed by atoms with van der Waals surface area (Å²) in [5.74, 6) is 1.32. The lowest BCUT2D eigenvalue weighted by Gasteiger charge is -2.26. The Balaban J connectivity index is 4.32. The third-order valence-corrected chi connectivity index (χ3v) is 4.02. The van der Waals surface area contributed by atoms with Crippen LogP contribution in [-0.2, 0) is 10.0 Å². The van der Waals surface area contributed by atoms with Crippen LogP contribution in [0.5, 0.6) is 0 Å². The number of guanidine groups is 1. The molecule has 0 bridgehead atoms. The van der Waals surface area contributed by atoms with Crippen molar-refractivity contribution in [2.24, 2.45) is 10.9 Å². The number of hydrogen-bond acceptors (Lipinski definition) is 3. The highest BCUT2D eigenvalue weighted by atomic mass is 32.2. The molecule has 0 unspecified atom stereocenters. The largest absolute Gasteiger partial charge is 0.356 e. The molecular weight excluding hydrogens is 276 g/mol. The van der Waals surface area contributed by atoms with Crippen LogP contribution in [0.25, 0.3) is 0 Å². The quantitative estimate of drug-likeness (QED) is 0.460. The SMILES string of the molecule is CCC(CC)CNC(=NC)NCC(C)(C)NS(C)(=O)=O. The zero-order valence-electron chi connectivity index (χ0n) is 13.6. The molecule has 0 heterocycles. The zero-order valence-corrected chi connectivity index (χ0v) is 14.4. The van der Waals surface area contributed by atoms with E-state index in [1.165, 1.54) is 0 Å². The Kier molecular flexibility index (Phi) is 8.12. The molecule has 3 N–H and O–H groups in total. The van der Waals surface area contributed by atoms with Gasteiger partial charge in [0.25, 0.3) is 0 Å². The Labute approximate surface area is 123 Å². The van der Waals surface area contributed by atoms with E-state index in [0.717, 1.165) is 25.6 Å². The van der Waals surface area contributed by atoms with E-state index in [2.05, 4.69) is 34.2 Å². The van der Waals surface area contributed by atoms with Gasteiger partial charge in [0.1, 0.15) is 0 Å². The highest BCUT2D eigenvalue weighted by molar-refractivity contribution is 7.88. The van der Waals surface area contributed by atoms with Crippen LogP contribution in [0, 0.1) is 5.92 Å². The number of aliphatic imine (C=N–C) groups is 1. The van der Waals surface area contributed by atoms with Crippen molar-refractivity contribution in [1.82, 2.24) is 15.4 Å². The Morgan fingerprint density at radius 3 is 2.15 bits per heavy atom. The van der Waals surface area contributed by atoms with E-state index in [1.807, 2.05) is 13.8 Å². The fourth-order valence-electron chi connectivity index (χ4n) is 1.88. The lowest BCUT2D eigenvalue weighted by Crippen LogP contribution is -2.53. The molecule has 6 nitrogen and oxygen atoms in total. The Hall–Kier alpha value is -0.820. The number of hydrogen-bond donors (Lipinski definition) is 3. The second kappa shape index (κ2) is 8.46. The summed E-state index contributed by atoms with van der Waals surface area (Å²) < 4.78 is 25.1. The van der Waals surface area contributed by atoms with Gasteiger partial charge in [-0.15, -0.1) is 0 Å². The van der Waals surface area contributed by atoms with E-state index < -0.39 is 15.6 Å². The fourth-order valence-corrected chi connectivity index (χ4v) is 2.96. The van der Waals surface area contributed by atoms with Crippen molar-refractivity contribution in [2.75, 3.05) is 26.4 Å². The molecule has 0 radical (unpaired) electrons. The standard InChI is InChI=1S/C13H30N4O2S/c1-7-11(8-2)9-15-12(14-5)16-10-13(3,4)17-20(6,18)19/h11,17H,7-10H2,1-6H3,(H2,14,15,16). The minimum atomic E-state index is -3.22. The first kappa shape index (κ1) is 19.2. The summed E-state index contributed by atoms with van der Waals surface area (Å²) in [5, 5.41) is 6.42. The second-order valence-electron chi connectivity index (χ2n) is 5.75. The molecule has 0 aliphatic carbocycles. The molecule has 0 aromatic heterocycles. The van der Waals surface area contributed by atoms with Crippen LogP contribution in [0.1, 0.15) is 40.5 Å². The first-order chi connectivity index (χ1) is 9.13. The average molecular weight is 306 g/mol. The van der Waals surface area contributed by atoms with Crippen molar-refractivity contribution in [3.63, 3.8) is 0 Å². The summed E-state index contributed by atoms with van der Waals surface area (Å²) in [4.78, 5) is 4.15. The molecule has 0 aromatic rings. The minimum Gasteiger partial charge on any atom is -0.356 e. The van der Waals surface area contributed by atoms with Gasteiger partial charge >= 0.3 is 0 Å². The Bertz CT molecular complexity index is 401. The van der Waals surface area contributed by atoms with Gasteiger partial charge in [-0.1, -0.05) is 26.7 Å². The van der Waals surface area contributed by atoms with Gasteiger partial charge in [-0.25, -0.2) is 13.1 Å². The van der Waals surface area contributed by atoms with Crippen LogP contribution in [0.15, 0.2) is 4.99 Å². The first-order valence-electron chi connectivity index (χ1n) is 7.07. The van der Waals surface area contributed by atoms with Crippen LogP contribution >= 0.6 is 0 Å². The van der Waals surface area contributed by atoms with Crippen LogP contribution in [0.2, 0.25) is 0 Å². The summed E-state index contributed by atoms with van der Waals surface area (Å²) >= 11 is 0. The molecule has 20 heavy (non-hydrogen) atoms. The smallest absolute Gasteiger partial charge is 0.209 e. The molecule has 120 valence electrons. The van der Waals surface area contributed by atoms with Gasteiger partial charge < -0.3 is 10.6 Å². The number of rotatable bonds is 8. The van der Waals surface area contributed by atoms with Gasteiger partial charge in [0.05, 0.1) is 6.26 Å². The van der Waals surface area contributed by atoms with E-state index in [1.54, 1.807) is 7.05 Å². The van der Waals surface area contributed by atoms with Crippen LogP contribution in [-0.4, -0.2) is 46.3 Å². The highest BCUT2D eigenvalue weighted by Crippen LogP contribution is 2.05. The lowest BCUT2D eigenvalue weighted by atomic mass is 10.0. The predicted octanol–water partition coefficient (Wildman–Crippen LogP) is 0.915. The topological polar surface area (TPSA) is 82.6 Å². The summed E-state index contributed by atoms with van der Waals surface area (Å²) in [6.07, 6.45) is 3.41. The maximum absolute atomic E-state index is 11.3. The van der Waals surface area contributed by atoms with Crippen LogP contribution in [0.4, 0.5) is 0 Å². The summed E-state index contributed by atoms with van der Waals surface area (Å²) in [7, 11) is -1.51. The molecule has 0 spiro atoms. The van der Waals surface area contributed by atoms with E-state index in [-0.39, 0.29) is 0 Å². The molecule has 7 heteroatoms. The Morgan fingerprint density at radius 2 is 1.75 bits per heavy atom. The van der Waals surface area contributed by atoms with Crippen molar-refractivity contribution in [2.45, 2.75) is 46.1 Å². The van der Waals surface area contributed by atoms with E-state index in [4.69, 9.17) is 0 Å². The normalized spacial score (nSPS) is 13.7. The molecule has 0 fully saturated rings. The van der Waals surface area contributed by atoms with E-state index in [0.29, 0.717) is 18.4 Å². The molecule has 0 aliphatic heterocycles. The summed E-state index contributed by atoms with van der Waals surface area (Å²) in [6.45, 7) is 9.33. The number of nitrogens with zero attached hydrogens (tertiary/aromatic N) is 1. The van der Waals surface area contributed by atoms with Crippen molar-refractivity contribution < 1.29 is 8.42 Å². The van der Waals surface area contributed by atoms with Gasteiger partial charge in [-0.2, -0.15) is 0 Å². The van der Waals surface area contributed by atoms with Crippen molar-refractivity contribution >= 4 is 16.0 Å². The second-order valence-corrected chi connectivity index (χ2v) is 7.50. The predicted molar refractivity (Wildman–Crippen MR) is 85.5 cm³/mol. The molecule has 0 saturated carbocycles. The maximum atomic E-state index is 11.3. The molecule has 0 aliphatic rings. The Morgan fingerprint density at radius 1 is 1.20 bits per heavy atom. The zero-order chi connectivity index (χ0) is 15.8. The molecule has 0 aromatic carbocycles. The molecule has 0 saturated heterocycles. The third-order valence-electron chi connectivity index (χ3n) is 3.10. The molecule has 0 rings (SSSR count). The van der Waals surface area contributed by atoms with E-state index in [9.17, 15) is 8.42 Å². The van der Waals surface area contributed by atoms with Gasteiger partial charge in [0.15, 0.2) is 5.96 Å². The number of nitrogens with one attached hydrogen (secondary N) is 3. The van der Waals surface area contributed by atoms with Crippen LogP contribution < -0.4 is 15.4 Å². The summed E-state index contributed by atoms with van der Waals surface area (Å²) in [5.41, 5.74) is -0.569. The average Bonchev–Trinajstić information content (AvgIpc) is 2.31. The van der Waals surface area contributed by atoms with Gasteiger partial charge in [-0.3, -0.25) is 4.99 Å². The lowest BCUT2D eigenvalue weighted by molar-refractivity contribution is 0.442. The summed E-state index contributed by atoms with van der Waals surface area (Å²) in [6, 6.07) is 0. The minimum absolute atomic E-state index is 0.461. The fraction of sp³-hybridized carbons (Fsp3) is 0.923. The van der Waals surface area contributed by atoms with Crippen molar-refractivity contribution in [3.8, 4) is 0 Å². The maximum Gasteiger partial charge on any atom is 0.209 e. The number of sulfonamides is 1. The van der Waals surface area contributed by atoms with Gasteiger partial charge in [-0.05, 0) is 19.8 Å². The van der Waals surface area contributed by atoms with Gasteiger partial charge in [0.2, 0.25) is 10.0 Å².